The lowest BCUT2D eigenvalue weighted by Crippen LogP contribution is -2.34. The van der Waals surface area contributed by atoms with Crippen LogP contribution in [0, 0.1) is 0 Å². The van der Waals surface area contributed by atoms with E-state index < -0.39 is 15.3 Å². The van der Waals surface area contributed by atoms with Gasteiger partial charge in [0.05, 0.1) is 14.2 Å². The average molecular weight is 466 g/mol. The van der Waals surface area contributed by atoms with Gasteiger partial charge < -0.3 is 9.47 Å². The van der Waals surface area contributed by atoms with Gasteiger partial charge in [-0.2, -0.15) is 4.31 Å². The molecule has 0 amide bonds. The molecule has 0 saturated carbocycles. The van der Waals surface area contributed by atoms with E-state index in [9.17, 15) is 8.42 Å². The van der Waals surface area contributed by atoms with E-state index in [1.54, 1.807) is 24.6 Å². The molecule has 33 heavy (non-hydrogen) atoms. The van der Waals surface area contributed by atoms with Crippen molar-refractivity contribution in [2.24, 2.45) is 0 Å². The number of ether oxygens (including phenoxy) is 2. The highest BCUT2D eigenvalue weighted by atomic mass is 32.2. The second-order valence-corrected chi connectivity index (χ2v) is 9.89. The summed E-state index contributed by atoms with van der Waals surface area (Å²) >= 11 is 0. The Balaban J connectivity index is 1.98. The lowest BCUT2D eigenvalue weighted by atomic mass is 10.1. The summed E-state index contributed by atoms with van der Waals surface area (Å²) in [4.78, 5) is 0. The van der Waals surface area contributed by atoms with Crippen molar-refractivity contribution < 1.29 is 17.9 Å². The maximum absolute atomic E-state index is 14.0. The summed E-state index contributed by atoms with van der Waals surface area (Å²) in [7, 11) is -0.472. The summed E-state index contributed by atoms with van der Waals surface area (Å²) in [5.74, 6) is 1.47. The van der Waals surface area contributed by atoms with Crippen LogP contribution >= 0.6 is 0 Å². The fourth-order valence-corrected chi connectivity index (χ4v) is 5.66. The molecular formula is C27H31NO4S. The highest BCUT2D eigenvalue weighted by Crippen LogP contribution is 2.32. The molecule has 3 rings (SSSR count). The molecule has 0 N–H and O–H groups in total. The van der Waals surface area contributed by atoms with Gasteiger partial charge in [0.25, 0.3) is 0 Å². The van der Waals surface area contributed by atoms with E-state index in [0.29, 0.717) is 12.8 Å². The summed E-state index contributed by atoms with van der Waals surface area (Å²) in [5, 5.41) is -0.659. The van der Waals surface area contributed by atoms with Crippen molar-refractivity contribution in [2.45, 2.75) is 31.2 Å². The number of benzene rings is 3. The molecule has 1 unspecified atom stereocenters. The molecule has 0 aromatic heterocycles. The van der Waals surface area contributed by atoms with Crippen LogP contribution < -0.4 is 9.47 Å². The van der Waals surface area contributed by atoms with Crippen LogP contribution in [0.3, 0.4) is 0 Å². The second-order valence-electron chi connectivity index (χ2n) is 7.77. The third-order valence-corrected chi connectivity index (χ3v) is 7.76. The van der Waals surface area contributed by atoms with Gasteiger partial charge in [-0.3, -0.25) is 0 Å². The zero-order valence-electron chi connectivity index (χ0n) is 19.2. The third kappa shape index (κ3) is 6.46. The minimum Gasteiger partial charge on any atom is -0.497 e. The first-order valence-electron chi connectivity index (χ1n) is 10.9. The van der Waals surface area contributed by atoms with Crippen molar-refractivity contribution in [2.75, 3.05) is 14.2 Å². The normalized spacial score (nSPS) is 12.3. The van der Waals surface area contributed by atoms with Gasteiger partial charge >= 0.3 is 0 Å². The molecule has 0 spiro atoms. The van der Waals surface area contributed by atoms with Crippen LogP contribution in [-0.4, -0.2) is 26.9 Å². The average Bonchev–Trinajstić information content (AvgIpc) is 2.85. The molecule has 0 fully saturated rings. The third-order valence-electron chi connectivity index (χ3n) is 5.56. The summed E-state index contributed by atoms with van der Waals surface area (Å²) in [6.45, 7) is 4.31. The fourth-order valence-electron chi connectivity index (χ4n) is 3.71. The van der Waals surface area contributed by atoms with Crippen LogP contribution in [0.25, 0.3) is 0 Å². The SMILES string of the molecule is C=CCCC(c1ccccc1)S(=O)(=O)N(Cc1ccc(OC)cc1)Cc1ccc(OC)cc1. The van der Waals surface area contributed by atoms with Gasteiger partial charge in [-0.05, 0) is 53.8 Å². The predicted molar refractivity (Wildman–Crippen MR) is 133 cm³/mol. The maximum atomic E-state index is 14.0. The Morgan fingerprint density at radius 3 is 1.73 bits per heavy atom. The Kier molecular flexibility index (Phi) is 8.69. The zero-order chi connectivity index (χ0) is 23.7. The van der Waals surface area contributed by atoms with Crippen LogP contribution in [0.15, 0.2) is 91.5 Å². The van der Waals surface area contributed by atoms with E-state index in [4.69, 9.17) is 9.47 Å². The Hall–Kier alpha value is -3.09. The van der Waals surface area contributed by atoms with Gasteiger partial charge in [-0.15, -0.1) is 6.58 Å². The number of rotatable bonds is 12. The van der Waals surface area contributed by atoms with E-state index in [1.807, 2.05) is 78.9 Å². The van der Waals surface area contributed by atoms with E-state index >= 15 is 0 Å². The van der Waals surface area contributed by atoms with Crippen molar-refractivity contribution >= 4 is 10.0 Å². The maximum Gasteiger partial charge on any atom is 0.221 e. The first-order valence-corrected chi connectivity index (χ1v) is 12.4. The molecule has 0 aliphatic rings. The molecule has 0 aliphatic heterocycles. The van der Waals surface area contributed by atoms with Crippen LogP contribution in [0.1, 0.15) is 34.8 Å². The minimum atomic E-state index is -3.69. The van der Waals surface area contributed by atoms with Crippen molar-refractivity contribution in [3.8, 4) is 11.5 Å². The first-order chi connectivity index (χ1) is 16.0. The largest absolute Gasteiger partial charge is 0.497 e. The van der Waals surface area contributed by atoms with E-state index in [-0.39, 0.29) is 13.1 Å². The molecule has 5 nitrogen and oxygen atoms in total. The first kappa shape index (κ1) is 24.6. The van der Waals surface area contributed by atoms with Gasteiger partial charge in [0, 0.05) is 13.1 Å². The lowest BCUT2D eigenvalue weighted by molar-refractivity contribution is 0.389. The van der Waals surface area contributed by atoms with Crippen molar-refractivity contribution in [1.82, 2.24) is 4.31 Å². The van der Waals surface area contributed by atoms with Gasteiger partial charge in [0.2, 0.25) is 10.0 Å². The summed E-state index contributed by atoms with van der Waals surface area (Å²) in [6, 6.07) is 24.4. The van der Waals surface area contributed by atoms with E-state index in [1.165, 1.54) is 0 Å². The molecular weight excluding hydrogens is 434 g/mol. The van der Waals surface area contributed by atoms with E-state index in [2.05, 4.69) is 6.58 Å². The summed E-state index contributed by atoms with van der Waals surface area (Å²) in [6.07, 6.45) is 2.85. The molecule has 0 saturated heterocycles. The Morgan fingerprint density at radius 1 is 0.818 bits per heavy atom. The molecule has 1 atom stereocenters. The summed E-state index contributed by atoms with van der Waals surface area (Å²) in [5.41, 5.74) is 2.57. The lowest BCUT2D eigenvalue weighted by Gasteiger charge is -2.28. The predicted octanol–water partition coefficient (Wildman–Crippen LogP) is 5.74. The van der Waals surface area contributed by atoms with Gasteiger partial charge in [-0.25, -0.2) is 8.42 Å². The summed E-state index contributed by atoms with van der Waals surface area (Å²) < 4.78 is 40.1. The van der Waals surface area contributed by atoms with Gasteiger partial charge in [0.1, 0.15) is 16.7 Å². The molecule has 6 heteroatoms. The van der Waals surface area contributed by atoms with Crippen molar-refractivity contribution in [1.29, 1.82) is 0 Å². The number of methoxy groups -OCH3 is 2. The van der Waals surface area contributed by atoms with Crippen LogP contribution in [0.4, 0.5) is 0 Å². The van der Waals surface area contributed by atoms with Crippen LogP contribution in [0.2, 0.25) is 0 Å². The number of allylic oxidation sites excluding steroid dienone is 1. The van der Waals surface area contributed by atoms with Crippen LogP contribution in [0.5, 0.6) is 11.5 Å². The Bertz CT molecular complexity index is 1060. The highest BCUT2D eigenvalue weighted by Gasteiger charge is 2.33. The van der Waals surface area contributed by atoms with Crippen LogP contribution in [-0.2, 0) is 23.1 Å². The fraction of sp³-hybridized carbons (Fsp3) is 0.259. The highest BCUT2D eigenvalue weighted by molar-refractivity contribution is 7.89. The van der Waals surface area contributed by atoms with Gasteiger partial charge in [0.15, 0.2) is 0 Å². The quantitative estimate of drug-likeness (QED) is 0.320. The number of hydrogen-bond acceptors (Lipinski definition) is 4. The van der Waals surface area contributed by atoms with E-state index in [0.717, 1.165) is 28.2 Å². The molecule has 0 heterocycles. The number of hydrogen-bond donors (Lipinski definition) is 0. The van der Waals surface area contributed by atoms with Gasteiger partial charge in [-0.1, -0.05) is 60.7 Å². The van der Waals surface area contributed by atoms with Crippen molar-refractivity contribution in [3.63, 3.8) is 0 Å². The molecule has 174 valence electrons. The molecule has 3 aromatic rings. The Morgan fingerprint density at radius 2 is 1.30 bits per heavy atom. The minimum absolute atomic E-state index is 0.260. The number of sulfonamides is 1. The second kappa shape index (κ2) is 11.7. The Labute approximate surface area is 197 Å². The molecule has 0 aliphatic carbocycles. The monoisotopic (exact) mass is 465 g/mol. The number of nitrogens with zero attached hydrogens (tertiary/aromatic N) is 1. The van der Waals surface area contributed by atoms with Crippen molar-refractivity contribution in [3.05, 3.63) is 108 Å². The smallest absolute Gasteiger partial charge is 0.221 e. The molecule has 3 aromatic carbocycles. The standard InChI is InChI=1S/C27H31NO4S/c1-4-5-11-27(24-9-7-6-8-10-24)33(29,30)28(20-22-12-16-25(31-2)17-13-22)21-23-14-18-26(32-3)19-15-23/h4,6-10,12-19,27H,1,5,11,20-21H2,2-3H3. The zero-order valence-corrected chi connectivity index (χ0v) is 20.0. The molecule has 0 bridgehead atoms. The molecule has 0 radical (unpaired) electrons. The topological polar surface area (TPSA) is 55.8 Å².